The molecule has 5 nitrogen and oxygen atoms in total. The van der Waals surface area contributed by atoms with Crippen LogP contribution in [0.1, 0.15) is 30.5 Å². The molecule has 1 aromatic carbocycles. The molecule has 1 unspecified atom stereocenters. The number of fused-ring (bicyclic) bond motifs is 1. The lowest BCUT2D eigenvalue weighted by Crippen LogP contribution is -2.03. The maximum absolute atomic E-state index is 12.8. The molecule has 2 aromatic heterocycles. The Labute approximate surface area is 165 Å². The minimum atomic E-state index is -0.806. The Morgan fingerprint density at radius 1 is 1.30 bits per heavy atom. The van der Waals surface area contributed by atoms with Gasteiger partial charge in [0.05, 0.1) is 17.3 Å². The van der Waals surface area contributed by atoms with Gasteiger partial charge in [0.25, 0.3) is 0 Å². The second-order valence-electron chi connectivity index (χ2n) is 6.26. The van der Waals surface area contributed by atoms with E-state index in [1.54, 1.807) is 22.5 Å². The van der Waals surface area contributed by atoms with Crippen molar-refractivity contribution in [1.29, 1.82) is 0 Å². The average molecular weight is 412 g/mol. The van der Waals surface area contributed by atoms with E-state index in [1.807, 2.05) is 20.2 Å². The van der Waals surface area contributed by atoms with E-state index in [1.165, 1.54) is 6.07 Å². The zero-order chi connectivity index (χ0) is 19.6. The number of halogens is 3. The highest BCUT2D eigenvalue weighted by molar-refractivity contribution is 7.99. The van der Waals surface area contributed by atoms with Crippen LogP contribution in [-0.2, 0) is 7.05 Å². The molecule has 1 saturated carbocycles. The van der Waals surface area contributed by atoms with Gasteiger partial charge in [0.15, 0.2) is 22.4 Å². The highest BCUT2D eigenvalue weighted by atomic mass is 35.5. The maximum Gasteiger partial charge on any atom is 0.189 e. The van der Waals surface area contributed by atoms with Crippen LogP contribution in [0.25, 0.3) is 11.0 Å². The van der Waals surface area contributed by atoms with Crippen LogP contribution in [-0.4, -0.2) is 31.5 Å². The van der Waals surface area contributed by atoms with Crippen LogP contribution in [0.5, 0.6) is 0 Å². The lowest BCUT2D eigenvalue weighted by Gasteiger charge is -2.00. The topological polar surface area (TPSA) is 55.6 Å². The van der Waals surface area contributed by atoms with E-state index >= 15 is 0 Å². The molecule has 1 aliphatic rings. The van der Waals surface area contributed by atoms with Crippen molar-refractivity contribution in [3.8, 4) is 0 Å². The number of hydrogen-bond donors (Lipinski definition) is 1. The van der Waals surface area contributed by atoms with Gasteiger partial charge < -0.3 is 0 Å². The first-order valence-corrected chi connectivity index (χ1v) is 9.91. The summed E-state index contributed by atoms with van der Waals surface area (Å²) >= 11 is 7.05. The van der Waals surface area contributed by atoms with Gasteiger partial charge in [0, 0.05) is 19.0 Å². The summed E-state index contributed by atoms with van der Waals surface area (Å²) in [4.78, 5) is 11.4. The van der Waals surface area contributed by atoms with E-state index in [0.29, 0.717) is 0 Å². The van der Waals surface area contributed by atoms with Crippen molar-refractivity contribution in [1.82, 2.24) is 24.6 Å². The van der Waals surface area contributed by atoms with Crippen LogP contribution >= 0.6 is 23.5 Å². The molecule has 0 radical (unpaired) electrons. The van der Waals surface area contributed by atoms with Crippen molar-refractivity contribution < 1.29 is 8.78 Å². The second-order valence-corrected chi connectivity index (χ2v) is 7.71. The van der Waals surface area contributed by atoms with Crippen molar-refractivity contribution >= 4 is 34.6 Å². The minimum Gasteiger partial charge on any atom is -0.250 e. The minimum absolute atomic E-state index is 0.200. The number of aryl methyl sites for hydroxylation is 2. The molecule has 1 fully saturated rings. The lowest BCUT2D eigenvalue weighted by molar-refractivity contribution is 0.507. The molecule has 27 heavy (non-hydrogen) atoms. The number of benzene rings is 1. The predicted octanol–water partition coefficient (Wildman–Crippen LogP) is 4.35. The average Bonchev–Trinajstić information content (AvgIpc) is 3.34. The van der Waals surface area contributed by atoms with Crippen LogP contribution in [0.4, 0.5) is 8.78 Å². The van der Waals surface area contributed by atoms with Gasteiger partial charge in [-0.3, -0.25) is 4.68 Å². The molecule has 2 atom stereocenters. The number of nitrogens with zero attached hydrogens (tertiary/aromatic N) is 4. The Bertz CT molecular complexity index is 949. The van der Waals surface area contributed by atoms with Gasteiger partial charge in [-0.05, 0) is 48.6 Å². The zero-order valence-corrected chi connectivity index (χ0v) is 16.8. The third-order valence-corrected chi connectivity index (χ3v) is 5.35. The Morgan fingerprint density at radius 3 is 2.70 bits per heavy atom. The van der Waals surface area contributed by atoms with Crippen molar-refractivity contribution in [2.75, 3.05) is 5.75 Å². The summed E-state index contributed by atoms with van der Waals surface area (Å²) in [7, 11) is 1.90. The Balaban J connectivity index is 0.000000156. The highest BCUT2D eigenvalue weighted by Crippen LogP contribution is 2.41. The van der Waals surface area contributed by atoms with E-state index in [-0.39, 0.29) is 12.0 Å². The monoisotopic (exact) mass is 411 g/mol. The van der Waals surface area contributed by atoms with E-state index < -0.39 is 11.6 Å². The standard InChI is InChI=1S/C9H8ClF2N.C9H12N4S/c10-13-9-4-6(9)5-1-2-7(11)8(12)3-5;1-4-14-9-11-6(2)7-5-10-13(3)8(7)12-9/h1-3,6,9,13H,4H2;5H,4H2,1-3H3/t6-,9?;/m0./s1. The van der Waals surface area contributed by atoms with Crippen LogP contribution in [0.15, 0.2) is 29.6 Å². The molecule has 3 aromatic rings. The first kappa shape index (κ1) is 20.0. The zero-order valence-electron chi connectivity index (χ0n) is 15.2. The fourth-order valence-corrected chi connectivity index (χ4v) is 3.61. The number of aromatic nitrogens is 4. The van der Waals surface area contributed by atoms with Gasteiger partial charge in [0.2, 0.25) is 0 Å². The molecule has 2 heterocycles. The van der Waals surface area contributed by atoms with Gasteiger partial charge >= 0.3 is 0 Å². The van der Waals surface area contributed by atoms with Gasteiger partial charge in [0.1, 0.15) is 0 Å². The summed E-state index contributed by atoms with van der Waals surface area (Å²) in [6.45, 7) is 4.09. The molecule has 144 valence electrons. The van der Waals surface area contributed by atoms with Crippen LogP contribution < -0.4 is 4.84 Å². The quantitative estimate of drug-likeness (QED) is 0.393. The van der Waals surface area contributed by atoms with Gasteiger partial charge in [-0.25, -0.2) is 23.6 Å². The molecule has 4 rings (SSSR count). The smallest absolute Gasteiger partial charge is 0.189 e. The molecular weight excluding hydrogens is 392 g/mol. The lowest BCUT2D eigenvalue weighted by atomic mass is 10.1. The summed E-state index contributed by atoms with van der Waals surface area (Å²) < 4.78 is 27.1. The number of nitrogens with one attached hydrogen (secondary N) is 1. The fraction of sp³-hybridized carbons (Fsp3) is 0.389. The van der Waals surface area contributed by atoms with Crippen molar-refractivity contribution in [2.45, 2.75) is 37.4 Å². The Hall–Kier alpha value is -1.77. The molecular formula is C18H20ClF2N5S. The van der Waals surface area contributed by atoms with Crippen molar-refractivity contribution in [2.24, 2.45) is 7.05 Å². The highest BCUT2D eigenvalue weighted by Gasteiger charge is 2.38. The SMILES string of the molecule is CCSc1nc(C)c2cnn(C)c2n1.Fc1ccc([C@@H]2CC2NCl)cc1F. The van der Waals surface area contributed by atoms with Crippen LogP contribution in [0.2, 0.25) is 0 Å². The maximum atomic E-state index is 12.8. The Kier molecular flexibility index (Phi) is 6.29. The molecule has 1 aliphatic carbocycles. The molecule has 9 heteroatoms. The van der Waals surface area contributed by atoms with Crippen LogP contribution in [0.3, 0.4) is 0 Å². The molecule has 0 spiro atoms. The molecule has 0 aliphatic heterocycles. The summed E-state index contributed by atoms with van der Waals surface area (Å²) in [5.41, 5.74) is 2.71. The summed E-state index contributed by atoms with van der Waals surface area (Å²) in [6.07, 6.45) is 2.69. The fourth-order valence-electron chi connectivity index (χ4n) is 2.76. The third-order valence-electron chi connectivity index (χ3n) is 4.34. The van der Waals surface area contributed by atoms with Gasteiger partial charge in [-0.2, -0.15) is 5.10 Å². The summed E-state index contributed by atoms with van der Waals surface area (Å²) in [5, 5.41) is 6.03. The molecule has 0 bridgehead atoms. The normalized spacial score (nSPS) is 18.3. The molecule has 1 N–H and O–H groups in total. The molecule has 0 saturated heterocycles. The van der Waals surface area contributed by atoms with E-state index in [0.717, 1.165) is 45.7 Å². The first-order valence-electron chi connectivity index (χ1n) is 8.54. The molecule has 0 amide bonds. The summed E-state index contributed by atoms with van der Waals surface area (Å²) in [6, 6.07) is 4.17. The number of rotatable bonds is 4. The van der Waals surface area contributed by atoms with Gasteiger partial charge in [-0.1, -0.05) is 24.8 Å². The largest absolute Gasteiger partial charge is 0.250 e. The Morgan fingerprint density at radius 2 is 2.07 bits per heavy atom. The van der Waals surface area contributed by atoms with E-state index in [4.69, 9.17) is 11.8 Å². The third kappa shape index (κ3) is 4.56. The summed E-state index contributed by atoms with van der Waals surface area (Å²) in [5.74, 6) is -0.381. The van der Waals surface area contributed by atoms with Gasteiger partial charge in [-0.15, -0.1) is 0 Å². The van der Waals surface area contributed by atoms with Crippen LogP contribution in [0, 0.1) is 18.6 Å². The van der Waals surface area contributed by atoms with E-state index in [9.17, 15) is 8.78 Å². The predicted molar refractivity (Wildman–Crippen MR) is 104 cm³/mol. The van der Waals surface area contributed by atoms with Crippen molar-refractivity contribution in [3.63, 3.8) is 0 Å². The first-order chi connectivity index (χ1) is 12.9. The second kappa shape index (κ2) is 8.50. The number of thioether (sulfide) groups is 1. The van der Waals surface area contributed by atoms with Crippen molar-refractivity contribution in [3.05, 3.63) is 47.3 Å². The van der Waals surface area contributed by atoms with E-state index in [2.05, 4.69) is 26.8 Å². The number of hydrogen-bond acceptors (Lipinski definition) is 5.